The fraction of sp³-hybridized carbons (Fsp3) is 0.469. The van der Waals surface area contributed by atoms with Gasteiger partial charge in [0.05, 0.1) is 46.3 Å². The van der Waals surface area contributed by atoms with Crippen LogP contribution in [0.2, 0.25) is 0 Å². The van der Waals surface area contributed by atoms with Crippen molar-refractivity contribution in [2.45, 2.75) is 70.6 Å². The highest BCUT2D eigenvalue weighted by Gasteiger charge is 2.49. The number of nitriles is 1. The number of pyridine rings is 1. The largest absolute Gasteiger partial charge is 0.461 e. The molecule has 3 aliphatic rings. The van der Waals surface area contributed by atoms with Crippen LogP contribution >= 0.6 is 11.3 Å². The number of hydrogen-bond acceptors (Lipinski definition) is 11. The van der Waals surface area contributed by atoms with E-state index in [1.54, 1.807) is 27.8 Å². The first-order chi connectivity index (χ1) is 22.4. The van der Waals surface area contributed by atoms with Crippen LogP contribution in [0.1, 0.15) is 56.7 Å². The number of alkyl halides is 1. The number of rotatable bonds is 6. The topological polar surface area (TPSA) is 135 Å². The summed E-state index contributed by atoms with van der Waals surface area (Å²) in [6.45, 7) is 6.50. The number of aromatic nitrogens is 3. The van der Waals surface area contributed by atoms with Gasteiger partial charge in [-0.25, -0.2) is 18.0 Å². The van der Waals surface area contributed by atoms with Gasteiger partial charge in [-0.15, -0.1) is 11.3 Å². The van der Waals surface area contributed by atoms with Crippen molar-refractivity contribution in [3.63, 3.8) is 0 Å². The van der Waals surface area contributed by atoms with Gasteiger partial charge in [-0.2, -0.15) is 15.2 Å². The van der Waals surface area contributed by atoms with E-state index >= 15 is 8.78 Å². The van der Waals surface area contributed by atoms with E-state index in [1.165, 1.54) is 0 Å². The Morgan fingerprint density at radius 1 is 1.26 bits per heavy atom. The summed E-state index contributed by atoms with van der Waals surface area (Å²) in [5.74, 6) is -1.20. The highest BCUT2D eigenvalue weighted by molar-refractivity contribution is 7.23. The molecule has 3 aliphatic heterocycles. The highest BCUT2D eigenvalue weighted by atomic mass is 32.1. The smallest absolute Gasteiger partial charge is 0.412 e. The standard InChI is InChI=1S/C32H32F3N7O4S/c1-31(2,3)46-30(43)41-28-16(9-36)21-24(38-10-19(34)26(21)47-28)20-17-12-44-13-18(17)22-25(23(20)35)39-29(40-27(22)37-4)45-14-32-6-5-7-42(32)11-15(33)8-32/h10,15H,5-8,11-14H2,1-4H3,(H,41,43)(H,37,39,40)/t15?,32-/m0/s1. The van der Waals surface area contributed by atoms with E-state index in [9.17, 15) is 14.4 Å². The minimum Gasteiger partial charge on any atom is -0.461 e. The van der Waals surface area contributed by atoms with E-state index < -0.39 is 35.0 Å². The Morgan fingerprint density at radius 3 is 2.79 bits per heavy atom. The van der Waals surface area contributed by atoms with Gasteiger partial charge in [0.1, 0.15) is 40.8 Å². The minimum absolute atomic E-state index is 0.0000986. The molecular weight excluding hydrogens is 635 g/mol. The molecule has 6 heterocycles. The highest BCUT2D eigenvalue weighted by Crippen LogP contribution is 2.47. The Balaban J connectivity index is 1.37. The van der Waals surface area contributed by atoms with Gasteiger partial charge in [0, 0.05) is 31.0 Å². The number of nitrogens with one attached hydrogen (secondary N) is 2. The average molecular weight is 668 g/mol. The first-order valence-corrected chi connectivity index (χ1v) is 16.1. The zero-order valence-corrected chi connectivity index (χ0v) is 27.0. The quantitative estimate of drug-likeness (QED) is 0.237. The molecule has 0 radical (unpaired) electrons. The van der Waals surface area contributed by atoms with Gasteiger partial charge < -0.3 is 19.5 Å². The summed E-state index contributed by atoms with van der Waals surface area (Å²) < 4.78 is 63.8. The van der Waals surface area contributed by atoms with Gasteiger partial charge in [-0.3, -0.25) is 15.2 Å². The molecule has 2 N–H and O–H groups in total. The Bertz CT molecular complexity index is 1990. The van der Waals surface area contributed by atoms with Crippen LogP contribution in [0.5, 0.6) is 6.01 Å². The average Bonchev–Trinajstić information content (AvgIpc) is 3.78. The third kappa shape index (κ3) is 5.28. The molecule has 1 amide bonds. The van der Waals surface area contributed by atoms with E-state index in [0.717, 1.165) is 36.9 Å². The number of ether oxygens (including phenoxy) is 3. The molecule has 11 nitrogen and oxygen atoms in total. The van der Waals surface area contributed by atoms with Crippen LogP contribution < -0.4 is 15.4 Å². The molecule has 7 rings (SSSR count). The fourth-order valence-corrected chi connectivity index (χ4v) is 8.04. The van der Waals surface area contributed by atoms with E-state index in [4.69, 9.17) is 14.2 Å². The lowest BCUT2D eigenvalue weighted by atomic mass is 9.93. The van der Waals surface area contributed by atoms with E-state index in [2.05, 4.69) is 30.5 Å². The molecule has 3 aromatic heterocycles. The van der Waals surface area contributed by atoms with Crippen molar-refractivity contribution in [2.24, 2.45) is 0 Å². The maximum atomic E-state index is 17.0. The van der Waals surface area contributed by atoms with E-state index in [0.29, 0.717) is 35.3 Å². The van der Waals surface area contributed by atoms with Crippen LogP contribution in [0.3, 0.4) is 0 Å². The van der Waals surface area contributed by atoms with Gasteiger partial charge in [0.2, 0.25) is 0 Å². The lowest BCUT2D eigenvalue weighted by Gasteiger charge is -2.30. The molecule has 1 unspecified atom stereocenters. The predicted octanol–water partition coefficient (Wildman–Crippen LogP) is 6.43. The van der Waals surface area contributed by atoms with Crippen molar-refractivity contribution in [1.82, 2.24) is 19.9 Å². The maximum absolute atomic E-state index is 17.0. The summed E-state index contributed by atoms with van der Waals surface area (Å²) >= 11 is 0.826. The van der Waals surface area contributed by atoms with Crippen molar-refractivity contribution in [3.05, 3.63) is 34.5 Å². The second kappa shape index (κ2) is 11.5. The van der Waals surface area contributed by atoms with Crippen molar-refractivity contribution in [3.8, 4) is 23.3 Å². The molecule has 0 aliphatic carbocycles. The van der Waals surface area contributed by atoms with Crippen molar-refractivity contribution < 1.29 is 32.2 Å². The number of hydrogen-bond donors (Lipinski definition) is 2. The second-order valence-electron chi connectivity index (χ2n) is 13.0. The van der Waals surface area contributed by atoms with Gasteiger partial charge in [-0.05, 0) is 51.3 Å². The molecule has 1 aromatic carbocycles. The van der Waals surface area contributed by atoms with Crippen LogP contribution in [-0.2, 0) is 22.7 Å². The van der Waals surface area contributed by atoms with Crippen LogP contribution in [0, 0.1) is 23.0 Å². The van der Waals surface area contributed by atoms with Gasteiger partial charge >= 0.3 is 12.1 Å². The first kappa shape index (κ1) is 31.3. The number of anilines is 2. The molecule has 246 valence electrons. The number of halogens is 3. The SMILES string of the molecule is CNc1nc(OC[C@@]23CCCN2CC(F)C3)nc2c(F)c(-c3ncc(F)c4sc(NC(=O)OC(C)(C)C)c(C#N)c34)c3c(c12)COC3. The molecule has 4 aromatic rings. The van der Waals surface area contributed by atoms with Crippen LogP contribution in [0.25, 0.3) is 32.2 Å². The molecule has 15 heteroatoms. The van der Waals surface area contributed by atoms with Crippen molar-refractivity contribution in [1.29, 1.82) is 5.26 Å². The van der Waals surface area contributed by atoms with Crippen LogP contribution in [0.15, 0.2) is 6.20 Å². The first-order valence-electron chi connectivity index (χ1n) is 15.3. The van der Waals surface area contributed by atoms with Crippen molar-refractivity contribution >= 4 is 49.2 Å². The number of amides is 1. The number of carbonyl (C=O) groups is 1. The molecular formula is C32H32F3N7O4S. The fourth-order valence-electron chi connectivity index (χ4n) is 7.00. The molecule has 0 spiro atoms. The monoisotopic (exact) mass is 667 g/mol. The molecule has 0 bridgehead atoms. The number of fused-ring (bicyclic) bond motifs is 5. The zero-order chi connectivity index (χ0) is 33.2. The van der Waals surface area contributed by atoms with Gasteiger partial charge in [0.25, 0.3) is 0 Å². The third-order valence-corrected chi connectivity index (χ3v) is 9.99. The molecule has 47 heavy (non-hydrogen) atoms. The van der Waals surface area contributed by atoms with Crippen LogP contribution in [-0.4, -0.2) is 70.0 Å². The summed E-state index contributed by atoms with van der Waals surface area (Å²) in [5.41, 5.74) is -0.374. The number of nitrogens with zero attached hydrogens (tertiary/aromatic N) is 5. The van der Waals surface area contributed by atoms with E-state index in [1.807, 2.05) is 6.07 Å². The maximum Gasteiger partial charge on any atom is 0.412 e. The third-order valence-electron chi connectivity index (χ3n) is 8.88. The minimum atomic E-state index is -0.942. The Morgan fingerprint density at radius 2 is 2.04 bits per heavy atom. The molecule has 2 fully saturated rings. The summed E-state index contributed by atoms with van der Waals surface area (Å²) in [6, 6.07) is 1.95. The van der Waals surface area contributed by atoms with Gasteiger partial charge in [-0.1, -0.05) is 0 Å². The summed E-state index contributed by atoms with van der Waals surface area (Å²) in [6.07, 6.45) is 1.25. The number of carbonyl (C=O) groups excluding carboxylic acids is 1. The zero-order valence-electron chi connectivity index (χ0n) is 26.2. The van der Waals surface area contributed by atoms with E-state index in [-0.39, 0.29) is 63.3 Å². The lowest BCUT2D eigenvalue weighted by molar-refractivity contribution is 0.0636. The Hall–Kier alpha value is -4.26. The molecule has 2 saturated heterocycles. The normalized spacial score (nSPS) is 20.8. The Labute approximate surface area is 272 Å². The van der Waals surface area contributed by atoms with Gasteiger partial charge in [0.15, 0.2) is 11.6 Å². The molecule has 2 atom stereocenters. The predicted molar refractivity (Wildman–Crippen MR) is 169 cm³/mol. The molecule has 0 saturated carbocycles. The summed E-state index contributed by atoms with van der Waals surface area (Å²) in [7, 11) is 1.65. The lowest BCUT2D eigenvalue weighted by Crippen LogP contribution is -2.43. The van der Waals surface area contributed by atoms with Crippen LogP contribution in [0.4, 0.5) is 28.8 Å². The Kier molecular flexibility index (Phi) is 7.64. The summed E-state index contributed by atoms with van der Waals surface area (Å²) in [4.78, 5) is 28.0. The number of thiophene rings is 1. The summed E-state index contributed by atoms with van der Waals surface area (Å²) in [5, 5.41) is 16.2. The van der Waals surface area contributed by atoms with Crippen molar-refractivity contribution in [2.75, 3.05) is 37.4 Å². The number of benzene rings is 1. The second-order valence-corrected chi connectivity index (χ2v) is 14.1.